The summed E-state index contributed by atoms with van der Waals surface area (Å²) >= 11 is 12.9. The number of guanidine groups is 2. The third kappa shape index (κ3) is 17.3. The minimum absolute atomic E-state index is 0.0177. The van der Waals surface area contributed by atoms with Crippen molar-refractivity contribution in [3.8, 4) is 11.4 Å². The number of pyridine rings is 2. The molecule has 0 aliphatic carbocycles. The number of halogens is 12. The number of alkyl halides is 10. The van der Waals surface area contributed by atoms with E-state index in [1.54, 1.807) is 92.3 Å². The number of carbonyl (C=O) groups is 5. The molecule has 0 spiro atoms. The summed E-state index contributed by atoms with van der Waals surface area (Å²) < 4.78 is 156. The summed E-state index contributed by atoms with van der Waals surface area (Å²) in [5, 5.41) is 13.6. The van der Waals surface area contributed by atoms with E-state index in [2.05, 4.69) is 35.5 Å². The van der Waals surface area contributed by atoms with Gasteiger partial charge in [-0.2, -0.15) is 36.5 Å². The van der Waals surface area contributed by atoms with Gasteiger partial charge in [-0.3, -0.25) is 24.7 Å². The summed E-state index contributed by atoms with van der Waals surface area (Å²) in [5.74, 6) is -3.48. The van der Waals surface area contributed by atoms with Gasteiger partial charge in [-0.25, -0.2) is 69.7 Å². The van der Waals surface area contributed by atoms with Crippen LogP contribution in [0.1, 0.15) is 133 Å². The van der Waals surface area contributed by atoms with E-state index in [1.165, 1.54) is 36.4 Å². The number of carbonyl (C=O) groups excluding carboxylic acids is 5. The first kappa shape index (κ1) is 78.0. The summed E-state index contributed by atoms with van der Waals surface area (Å²) in [7, 11) is 0. The van der Waals surface area contributed by atoms with E-state index in [9.17, 15) is 63.1 Å². The molecule has 0 saturated heterocycles. The maximum Gasteiger partial charge on any atom is 0.414 e. The first-order valence-electron chi connectivity index (χ1n) is 32.5. The van der Waals surface area contributed by atoms with Gasteiger partial charge in [-0.05, 0) is 90.6 Å². The van der Waals surface area contributed by atoms with Gasteiger partial charge in [0.1, 0.15) is 69.4 Å². The van der Waals surface area contributed by atoms with E-state index in [4.69, 9.17) is 53.1 Å². The quantitative estimate of drug-likeness (QED) is 0.0314. The normalized spacial score (nSPS) is 18.2. The average molecular weight is 1530 g/mol. The van der Waals surface area contributed by atoms with E-state index in [0.717, 1.165) is 38.7 Å². The monoisotopic (exact) mass is 1530 g/mol. The molecule has 0 fully saturated rings. The number of nitrogens with zero attached hydrogens (tertiary/aromatic N) is 14. The summed E-state index contributed by atoms with van der Waals surface area (Å²) in [5.41, 5.74) is 4.89. The molecule has 8 heterocycles. The highest BCUT2D eigenvalue weighted by molar-refractivity contribution is 6.32. The Kier molecular flexibility index (Phi) is 22.7. The Hall–Kier alpha value is -10.7. The molecule has 5 N–H and O–H groups in total. The van der Waals surface area contributed by atoms with Crippen LogP contribution >= 0.6 is 23.2 Å². The highest BCUT2D eigenvalue weighted by Crippen LogP contribution is 2.47. The molecular weight excluding hydrogens is 1460 g/mol. The fourth-order valence-electron chi connectivity index (χ4n) is 12.1. The second-order valence-corrected chi connectivity index (χ2v) is 28.0. The predicted molar refractivity (Wildman–Crippen MR) is 357 cm³/mol. The highest BCUT2D eigenvalue weighted by atomic mass is 35.5. The van der Waals surface area contributed by atoms with Gasteiger partial charge in [-0.15, -0.1) is 0 Å². The van der Waals surface area contributed by atoms with Crippen molar-refractivity contribution < 1.29 is 90.6 Å². The average Bonchev–Trinajstić information content (AvgIpc) is 1.57. The minimum atomic E-state index is -4.82. The van der Waals surface area contributed by atoms with Gasteiger partial charge in [0.2, 0.25) is 5.96 Å². The van der Waals surface area contributed by atoms with Crippen molar-refractivity contribution in [3.05, 3.63) is 189 Å². The molecular formula is C68H70Cl2F10N18O8+2. The number of rotatable bonds is 20. The van der Waals surface area contributed by atoms with Gasteiger partial charge in [0.05, 0.1) is 33.5 Å². The SMILES string of the molecule is C[C@H](NC(=O)OC[C@H](c1ccc(Cl)c(-n2ncnc2C(F)F)c1)N1C(=O)[C@@](CC(C)(C)C)(c2ccc3[n+](c2)=CCN=3)N=C1N)C(F)(F)F.C[C@H](NC(=O)OC[C@H](c1ccc(Cl)c(-n2ncnc2C(F)F)c1)N1C(=O)[C@@](CC(C)(C)C)(c2ccc3[n+](c2)=CCN=3)N=C1NC(=O)OCc1ccccc1)C(F)(F)F. The molecule has 6 atom stereocenters. The summed E-state index contributed by atoms with van der Waals surface area (Å²) in [6.45, 7) is 11.9. The molecule has 5 amide bonds. The second-order valence-electron chi connectivity index (χ2n) is 27.2. The Bertz CT molecular complexity index is 4840. The molecule has 0 unspecified atom stereocenters. The predicted octanol–water partition coefficient (Wildman–Crippen LogP) is 9.96. The van der Waals surface area contributed by atoms with Gasteiger partial charge >= 0.3 is 41.6 Å². The van der Waals surface area contributed by atoms with Crippen molar-refractivity contribution >= 4 is 65.2 Å². The van der Waals surface area contributed by atoms with Crippen molar-refractivity contribution in [2.75, 3.05) is 26.3 Å². The molecule has 38 heteroatoms. The van der Waals surface area contributed by atoms with Crippen LogP contribution in [-0.2, 0) is 41.5 Å². The lowest BCUT2D eigenvalue weighted by atomic mass is 9.76. The number of fused-ring (bicyclic) bond motifs is 2. The zero-order chi connectivity index (χ0) is 77.2. The number of aliphatic imine (C=N–C) groups is 2. The van der Waals surface area contributed by atoms with E-state index in [-0.39, 0.29) is 63.9 Å². The number of hydrogen-bond acceptors (Lipinski definition) is 17. The molecule has 0 saturated carbocycles. The topological polar surface area (TPSA) is 304 Å². The Labute approximate surface area is 607 Å². The lowest BCUT2D eigenvalue weighted by Crippen LogP contribution is -2.50. The van der Waals surface area contributed by atoms with Gasteiger partial charge in [0.15, 0.2) is 41.8 Å². The number of amides is 5. The molecule has 0 bridgehead atoms. The summed E-state index contributed by atoms with van der Waals surface area (Å²) in [6.07, 6.45) is -10.6. The lowest BCUT2D eigenvalue weighted by molar-refractivity contribution is -0.523. The number of nitrogens with one attached hydrogen (secondary N) is 3. The molecule has 4 aliphatic heterocycles. The maximum absolute atomic E-state index is 15.4. The first-order valence-corrected chi connectivity index (χ1v) is 33.2. The Morgan fingerprint density at radius 3 is 1.46 bits per heavy atom. The fraction of sp³-hybridized carbons (Fsp3) is 0.397. The summed E-state index contributed by atoms with van der Waals surface area (Å²) in [6, 6.07) is 16.3. The second kappa shape index (κ2) is 30.8. The lowest BCUT2D eigenvalue weighted by Gasteiger charge is -2.34. The van der Waals surface area contributed by atoms with Gasteiger partial charge in [0.25, 0.3) is 24.7 Å². The van der Waals surface area contributed by atoms with E-state index >= 15 is 4.79 Å². The number of aromatic nitrogens is 8. The number of benzene rings is 3. The van der Waals surface area contributed by atoms with Gasteiger partial charge in [0, 0.05) is 23.3 Å². The molecule has 4 aromatic heterocycles. The van der Waals surface area contributed by atoms with Crippen molar-refractivity contribution in [2.24, 2.45) is 36.5 Å². The third-order valence-corrected chi connectivity index (χ3v) is 17.5. The van der Waals surface area contributed by atoms with Crippen LogP contribution in [0.3, 0.4) is 0 Å². The Balaban J connectivity index is 0.000000231. The minimum Gasteiger partial charge on any atom is -0.447 e. The number of alkyl carbamates (subject to hydrolysis) is 3. The van der Waals surface area contributed by atoms with Gasteiger partial charge < -0.3 is 30.6 Å². The Morgan fingerprint density at radius 2 is 1.03 bits per heavy atom. The van der Waals surface area contributed by atoms with Gasteiger partial charge in [-0.1, -0.05) is 117 Å². The van der Waals surface area contributed by atoms with Crippen molar-refractivity contribution in [3.63, 3.8) is 0 Å². The van der Waals surface area contributed by atoms with Crippen LogP contribution in [0.25, 0.3) is 11.4 Å². The van der Waals surface area contributed by atoms with E-state index < -0.39 is 126 Å². The standard InChI is InChI=1S/C38H37ClF5N9O5.C30H31ClF5N9O3/c1-22(38(42,43)44)48-34(55)58-19-28(24-10-12-26(39)27(16-24)53-31(30(40)41)46-21-47-53)52-32(54)37(20-36(2,3)4,25-11-13-29-45-14-15-51(29)17-25)50-33(52)49-35(56)57-18-23-8-6-5-7-9-23;1-16(30(34,35)36)41-27(47)48-13-21(17-5-7-19(31)20(11-17)45-24(23(32)33)39-15-40-45)44-25(46)29(42-26(44)37,14-28(2,3)4)18-6-8-22-38-9-10-43(22)12-18/h5-13,15-17,21-22,28,30H,14,18-20H2,1-4H3,(H-,48,49,50,55,56);5-8,10-12,15-16,21,23H,9,13-14H2,1-4H3,(H2-,37,41,42,47)/p+2/t22-,28+,37+;16-,21+,29+/m00/s1. The molecule has 3 aromatic carbocycles. The van der Waals surface area contributed by atoms with Crippen LogP contribution < -0.4 is 41.1 Å². The third-order valence-electron chi connectivity index (χ3n) is 16.9. The molecule has 4 aliphatic rings. The summed E-state index contributed by atoms with van der Waals surface area (Å²) in [4.78, 5) is 96.8. The number of hydrogen-bond donors (Lipinski definition) is 4. The molecule has 7 aromatic rings. The smallest absolute Gasteiger partial charge is 0.414 e. The largest absolute Gasteiger partial charge is 0.447 e. The molecule has 11 rings (SSSR count). The van der Waals surface area contributed by atoms with Crippen molar-refractivity contribution in [2.45, 2.75) is 135 Å². The molecule has 0 radical (unpaired) electrons. The molecule has 106 heavy (non-hydrogen) atoms. The van der Waals surface area contributed by atoms with Crippen LogP contribution in [-0.4, -0.2) is 132 Å². The van der Waals surface area contributed by atoms with Crippen LogP contribution in [0, 0.1) is 23.3 Å². The molecule has 26 nitrogen and oxygen atoms in total. The van der Waals surface area contributed by atoms with Crippen LogP contribution in [0.2, 0.25) is 10.0 Å². The number of nitrogens with two attached hydrogens (primary N) is 1. The molecule has 562 valence electrons. The fourth-order valence-corrected chi connectivity index (χ4v) is 12.5. The van der Waals surface area contributed by atoms with E-state index in [1.807, 2.05) is 47.8 Å². The number of ether oxygens (including phenoxy) is 3. The van der Waals surface area contributed by atoms with Crippen molar-refractivity contribution in [1.29, 1.82) is 0 Å². The van der Waals surface area contributed by atoms with Crippen LogP contribution in [0.4, 0.5) is 58.3 Å². The maximum atomic E-state index is 15.4. The van der Waals surface area contributed by atoms with Crippen molar-refractivity contribution in [1.82, 2.24) is 55.3 Å². The highest BCUT2D eigenvalue weighted by Gasteiger charge is 2.57. The Morgan fingerprint density at radius 1 is 0.594 bits per heavy atom. The van der Waals surface area contributed by atoms with E-state index in [0.29, 0.717) is 47.7 Å². The zero-order valence-electron chi connectivity index (χ0n) is 57.7. The van der Waals surface area contributed by atoms with Crippen LogP contribution in [0.5, 0.6) is 0 Å². The first-order chi connectivity index (χ1) is 49.8. The van der Waals surface area contributed by atoms with Crippen LogP contribution in [0.15, 0.2) is 136 Å². The zero-order valence-corrected chi connectivity index (χ0v) is 59.2.